The molecule has 4 heteroatoms. The van der Waals surface area contributed by atoms with Crippen LogP contribution >= 0.6 is 23.2 Å². The molecule has 0 saturated heterocycles. The van der Waals surface area contributed by atoms with Crippen LogP contribution in [0.15, 0.2) is 18.2 Å². The molecule has 20 heavy (non-hydrogen) atoms. The maximum atomic E-state index is 11.8. The summed E-state index contributed by atoms with van der Waals surface area (Å²) in [6, 6.07) is 5.31. The minimum Gasteiger partial charge on any atom is -0.481 e. The Balaban J connectivity index is 2.20. The highest BCUT2D eigenvalue weighted by molar-refractivity contribution is 6.35. The highest BCUT2D eigenvalue weighted by Gasteiger charge is 2.41. The Kier molecular flexibility index (Phi) is 4.98. The fourth-order valence-corrected chi connectivity index (χ4v) is 3.61. The van der Waals surface area contributed by atoms with Gasteiger partial charge >= 0.3 is 5.97 Å². The second kappa shape index (κ2) is 6.36. The Labute approximate surface area is 130 Å². The molecule has 1 aliphatic rings. The lowest BCUT2D eigenvalue weighted by Gasteiger charge is -2.37. The van der Waals surface area contributed by atoms with Gasteiger partial charge in [0.1, 0.15) is 0 Å². The molecule has 1 saturated carbocycles. The Morgan fingerprint density at radius 2 is 2.00 bits per heavy atom. The number of aliphatic carboxylic acids is 1. The van der Waals surface area contributed by atoms with Crippen molar-refractivity contribution in [2.24, 2.45) is 11.3 Å². The highest BCUT2D eigenvalue weighted by atomic mass is 35.5. The lowest BCUT2D eigenvalue weighted by Crippen LogP contribution is -2.37. The van der Waals surface area contributed by atoms with Crippen LogP contribution in [0.4, 0.5) is 0 Å². The number of carbonyl (C=O) groups is 1. The molecule has 0 heterocycles. The van der Waals surface area contributed by atoms with Crippen molar-refractivity contribution in [3.63, 3.8) is 0 Å². The van der Waals surface area contributed by atoms with E-state index in [1.54, 1.807) is 12.1 Å². The average Bonchev–Trinajstić information content (AvgIpc) is 2.42. The molecule has 0 aliphatic heterocycles. The largest absolute Gasteiger partial charge is 0.481 e. The van der Waals surface area contributed by atoms with Crippen LogP contribution < -0.4 is 0 Å². The Bertz CT molecular complexity index is 491. The van der Waals surface area contributed by atoms with Crippen molar-refractivity contribution in [2.75, 3.05) is 0 Å². The lowest BCUT2D eigenvalue weighted by molar-refractivity contribution is -0.151. The molecule has 0 atom stereocenters. The molecular formula is C16H20Cl2O2. The molecule has 0 amide bonds. The number of hydrogen-bond acceptors (Lipinski definition) is 1. The second-order valence-corrected chi connectivity index (χ2v) is 6.69. The summed E-state index contributed by atoms with van der Waals surface area (Å²) < 4.78 is 0. The van der Waals surface area contributed by atoms with Crippen LogP contribution in [0.1, 0.15) is 44.6 Å². The van der Waals surface area contributed by atoms with Crippen LogP contribution in [0, 0.1) is 11.3 Å². The zero-order chi connectivity index (χ0) is 14.8. The SMILES string of the molecule is CCC1CCC(Cc2ccc(Cl)cc2Cl)(C(=O)O)CC1. The average molecular weight is 315 g/mol. The van der Waals surface area contributed by atoms with E-state index in [0.717, 1.165) is 37.7 Å². The van der Waals surface area contributed by atoms with Gasteiger partial charge in [0.25, 0.3) is 0 Å². The molecule has 2 rings (SSSR count). The van der Waals surface area contributed by atoms with Crippen molar-refractivity contribution in [3.8, 4) is 0 Å². The van der Waals surface area contributed by atoms with Crippen molar-refractivity contribution in [1.82, 2.24) is 0 Å². The van der Waals surface area contributed by atoms with Gasteiger partial charge in [0.2, 0.25) is 0 Å². The summed E-state index contributed by atoms with van der Waals surface area (Å²) in [5, 5.41) is 10.8. The van der Waals surface area contributed by atoms with Gasteiger partial charge < -0.3 is 5.11 Å². The zero-order valence-electron chi connectivity index (χ0n) is 11.7. The highest BCUT2D eigenvalue weighted by Crippen LogP contribution is 2.43. The summed E-state index contributed by atoms with van der Waals surface area (Å²) in [5.41, 5.74) is 0.219. The molecule has 1 N–H and O–H groups in total. The minimum atomic E-state index is -0.696. The van der Waals surface area contributed by atoms with Crippen LogP contribution in [0.3, 0.4) is 0 Å². The first-order valence-electron chi connectivity index (χ1n) is 7.14. The summed E-state index contributed by atoms with van der Waals surface area (Å²) in [4.78, 5) is 11.8. The third-order valence-corrected chi connectivity index (χ3v) is 5.22. The topological polar surface area (TPSA) is 37.3 Å². The fourth-order valence-electron chi connectivity index (χ4n) is 3.13. The molecule has 1 aromatic rings. The van der Waals surface area contributed by atoms with Crippen LogP contribution in [0.2, 0.25) is 10.0 Å². The fraction of sp³-hybridized carbons (Fsp3) is 0.562. The normalized spacial score (nSPS) is 26.4. The molecular weight excluding hydrogens is 295 g/mol. The first kappa shape index (κ1) is 15.7. The van der Waals surface area contributed by atoms with Crippen molar-refractivity contribution in [1.29, 1.82) is 0 Å². The summed E-state index contributed by atoms with van der Waals surface area (Å²) in [5.74, 6) is -0.0266. The monoisotopic (exact) mass is 314 g/mol. The van der Waals surface area contributed by atoms with Gasteiger partial charge in [-0.2, -0.15) is 0 Å². The van der Waals surface area contributed by atoms with E-state index in [0.29, 0.717) is 22.4 Å². The van der Waals surface area contributed by atoms with Crippen molar-refractivity contribution in [2.45, 2.75) is 45.4 Å². The molecule has 1 aliphatic carbocycles. The summed E-state index contributed by atoms with van der Waals surface area (Å²) in [6.45, 7) is 2.18. The Morgan fingerprint density at radius 3 is 2.50 bits per heavy atom. The van der Waals surface area contributed by atoms with E-state index in [4.69, 9.17) is 23.2 Å². The third kappa shape index (κ3) is 3.29. The number of carboxylic acids is 1. The number of benzene rings is 1. The van der Waals surface area contributed by atoms with Gasteiger partial charge in [-0.3, -0.25) is 4.79 Å². The van der Waals surface area contributed by atoms with Gasteiger partial charge in [-0.1, -0.05) is 42.6 Å². The third-order valence-electron chi connectivity index (χ3n) is 4.64. The van der Waals surface area contributed by atoms with Crippen LogP contribution in [0.25, 0.3) is 0 Å². The lowest BCUT2D eigenvalue weighted by atomic mass is 9.67. The van der Waals surface area contributed by atoms with E-state index in [1.165, 1.54) is 0 Å². The summed E-state index contributed by atoms with van der Waals surface area (Å²) in [6.07, 6.45) is 5.09. The van der Waals surface area contributed by atoms with Gasteiger partial charge in [0, 0.05) is 10.0 Å². The van der Waals surface area contributed by atoms with Gasteiger partial charge in [0.15, 0.2) is 0 Å². The van der Waals surface area contributed by atoms with Gasteiger partial charge in [0.05, 0.1) is 5.41 Å². The predicted molar refractivity (Wildman–Crippen MR) is 82.5 cm³/mol. The van der Waals surface area contributed by atoms with Crippen molar-refractivity contribution >= 4 is 29.2 Å². The molecule has 0 bridgehead atoms. The molecule has 0 unspecified atom stereocenters. The van der Waals surface area contributed by atoms with Crippen LogP contribution in [-0.4, -0.2) is 11.1 Å². The van der Waals surface area contributed by atoms with Gasteiger partial charge in [-0.25, -0.2) is 0 Å². The predicted octanol–water partition coefficient (Wildman–Crippen LogP) is 5.21. The van der Waals surface area contributed by atoms with E-state index in [-0.39, 0.29) is 0 Å². The summed E-state index contributed by atoms with van der Waals surface area (Å²) >= 11 is 12.1. The Morgan fingerprint density at radius 1 is 1.35 bits per heavy atom. The Hall–Kier alpha value is -0.730. The van der Waals surface area contributed by atoms with Crippen molar-refractivity contribution < 1.29 is 9.90 Å². The van der Waals surface area contributed by atoms with E-state index in [1.807, 2.05) is 6.07 Å². The minimum absolute atomic E-state index is 0.495. The van der Waals surface area contributed by atoms with Gasteiger partial charge in [-0.15, -0.1) is 0 Å². The second-order valence-electron chi connectivity index (χ2n) is 5.85. The maximum Gasteiger partial charge on any atom is 0.309 e. The number of rotatable bonds is 4. The van der Waals surface area contributed by atoms with Crippen LogP contribution in [0.5, 0.6) is 0 Å². The van der Waals surface area contributed by atoms with E-state index >= 15 is 0 Å². The van der Waals surface area contributed by atoms with E-state index in [9.17, 15) is 9.90 Å². The van der Waals surface area contributed by atoms with Crippen molar-refractivity contribution in [3.05, 3.63) is 33.8 Å². The molecule has 2 nitrogen and oxygen atoms in total. The first-order chi connectivity index (χ1) is 9.47. The number of halogens is 2. The molecule has 0 aromatic heterocycles. The molecule has 110 valence electrons. The van der Waals surface area contributed by atoms with Gasteiger partial charge in [-0.05, 0) is 55.7 Å². The zero-order valence-corrected chi connectivity index (χ0v) is 13.2. The maximum absolute atomic E-state index is 11.8. The van der Waals surface area contributed by atoms with E-state index < -0.39 is 11.4 Å². The smallest absolute Gasteiger partial charge is 0.309 e. The quantitative estimate of drug-likeness (QED) is 0.828. The summed E-state index contributed by atoms with van der Waals surface area (Å²) in [7, 11) is 0. The number of carboxylic acid groups (broad SMARTS) is 1. The molecule has 0 radical (unpaired) electrons. The number of hydrogen-bond donors (Lipinski definition) is 1. The van der Waals surface area contributed by atoms with E-state index in [2.05, 4.69) is 6.92 Å². The molecule has 1 aromatic carbocycles. The standard InChI is InChI=1S/C16H20Cl2O2/c1-2-11-5-7-16(8-6-11,15(19)20)10-12-3-4-13(17)9-14(12)18/h3-4,9,11H,2,5-8,10H2,1H3,(H,19,20). The first-order valence-corrected chi connectivity index (χ1v) is 7.90. The van der Waals surface area contributed by atoms with Crippen LogP contribution in [-0.2, 0) is 11.2 Å². The molecule has 0 spiro atoms. The molecule has 1 fully saturated rings.